The first-order valence-electron chi connectivity index (χ1n) is 7.02. The second-order valence-electron chi connectivity index (χ2n) is 4.99. The van der Waals surface area contributed by atoms with Crippen molar-refractivity contribution in [2.24, 2.45) is 10.7 Å². The predicted octanol–water partition coefficient (Wildman–Crippen LogP) is 2.05. The Labute approximate surface area is 140 Å². The highest BCUT2D eigenvalue weighted by Gasteiger charge is 2.15. The highest BCUT2D eigenvalue weighted by Crippen LogP contribution is 2.12. The van der Waals surface area contributed by atoms with Gasteiger partial charge in [0.15, 0.2) is 9.84 Å². The van der Waals surface area contributed by atoms with E-state index in [1.807, 2.05) is 6.92 Å². The average Bonchev–Trinajstić information content (AvgIpc) is 3.00. The van der Waals surface area contributed by atoms with Crippen LogP contribution in [0.25, 0.3) is 0 Å². The Morgan fingerprint density at radius 2 is 2.04 bits per heavy atom. The molecule has 8 heteroatoms. The number of thioether (sulfide) groups is 1. The van der Waals surface area contributed by atoms with Crippen molar-refractivity contribution in [3.8, 4) is 0 Å². The first kappa shape index (κ1) is 17.6. The van der Waals surface area contributed by atoms with Crippen LogP contribution in [-0.2, 0) is 15.6 Å². The molecule has 0 unspecified atom stereocenters. The minimum absolute atomic E-state index is 0.132. The molecule has 0 atom stereocenters. The molecule has 23 heavy (non-hydrogen) atoms. The molecule has 0 aliphatic carbocycles. The Balaban J connectivity index is 1.80. The van der Waals surface area contributed by atoms with Gasteiger partial charge in [-0.05, 0) is 19.1 Å². The van der Waals surface area contributed by atoms with Crippen molar-refractivity contribution < 1.29 is 12.9 Å². The number of aryl methyl sites for hydroxylation is 1. The SMILES string of the molecule is Cc1ccc(S(=O)(=O)CC(N)=NCCSCc2ccon2)cc1. The van der Waals surface area contributed by atoms with Crippen molar-refractivity contribution in [2.75, 3.05) is 18.1 Å². The van der Waals surface area contributed by atoms with Gasteiger partial charge in [0.25, 0.3) is 0 Å². The van der Waals surface area contributed by atoms with E-state index in [0.29, 0.717) is 6.54 Å². The Bertz CT molecular complexity index is 739. The number of aliphatic imine (C=N–C) groups is 1. The van der Waals surface area contributed by atoms with Crippen molar-refractivity contribution >= 4 is 27.4 Å². The molecule has 2 aromatic rings. The van der Waals surface area contributed by atoms with Crippen LogP contribution < -0.4 is 5.73 Å². The third-order valence-corrected chi connectivity index (χ3v) is 5.65. The zero-order chi connectivity index (χ0) is 16.7. The Morgan fingerprint density at radius 3 is 2.70 bits per heavy atom. The first-order chi connectivity index (χ1) is 11.0. The van der Waals surface area contributed by atoms with Gasteiger partial charge in [-0.1, -0.05) is 22.9 Å². The van der Waals surface area contributed by atoms with E-state index in [9.17, 15) is 8.42 Å². The van der Waals surface area contributed by atoms with Gasteiger partial charge in [0.05, 0.1) is 17.1 Å². The fourth-order valence-corrected chi connectivity index (χ4v) is 3.73. The van der Waals surface area contributed by atoms with Crippen molar-refractivity contribution in [1.82, 2.24) is 5.16 Å². The quantitative estimate of drug-likeness (QED) is 0.443. The Hall–Kier alpha value is -1.80. The van der Waals surface area contributed by atoms with Crippen LogP contribution >= 0.6 is 11.8 Å². The summed E-state index contributed by atoms with van der Waals surface area (Å²) in [4.78, 5) is 4.39. The van der Waals surface area contributed by atoms with Gasteiger partial charge < -0.3 is 10.3 Å². The molecule has 0 radical (unpaired) electrons. The maximum atomic E-state index is 12.2. The summed E-state index contributed by atoms with van der Waals surface area (Å²) < 4.78 is 29.2. The summed E-state index contributed by atoms with van der Waals surface area (Å²) in [5.41, 5.74) is 7.62. The Morgan fingerprint density at radius 1 is 1.30 bits per heavy atom. The van der Waals surface area contributed by atoms with E-state index in [2.05, 4.69) is 10.1 Å². The van der Waals surface area contributed by atoms with Gasteiger partial charge in [-0.25, -0.2) is 8.42 Å². The van der Waals surface area contributed by atoms with Crippen LogP contribution in [0.1, 0.15) is 11.3 Å². The summed E-state index contributed by atoms with van der Waals surface area (Å²) >= 11 is 1.63. The van der Waals surface area contributed by atoms with Crippen LogP contribution in [0, 0.1) is 6.92 Å². The molecule has 0 amide bonds. The molecule has 0 aliphatic rings. The van der Waals surface area contributed by atoms with Gasteiger partial charge in [0, 0.05) is 17.6 Å². The number of hydrogen-bond donors (Lipinski definition) is 1. The van der Waals surface area contributed by atoms with E-state index < -0.39 is 9.84 Å². The highest BCUT2D eigenvalue weighted by atomic mass is 32.2. The second-order valence-corrected chi connectivity index (χ2v) is 8.08. The second kappa shape index (κ2) is 8.16. The van der Waals surface area contributed by atoms with Crippen LogP contribution in [0.5, 0.6) is 0 Å². The molecule has 0 bridgehead atoms. The number of nitrogens with two attached hydrogens (primary N) is 1. The van der Waals surface area contributed by atoms with Gasteiger partial charge in [-0.15, -0.1) is 0 Å². The molecule has 0 saturated carbocycles. The smallest absolute Gasteiger partial charge is 0.185 e. The molecular weight excluding hydrogens is 334 g/mol. The number of nitrogens with zero attached hydrogens (tertiary/aromatic N) is 2. The summed E-state index contributed by atoms with van der Waals surface area (Å²) in [6.45, 7) is 2.38. The summed E-state index contributed by atoms with van der Waals surface area (Å²) in [7, 11) is -3.44. The van der Waals surface area contributed by atoms with Crippen LogP contribution in [0.4, 0.5) is 0 Å². The van der Waals surface area contributed by atoms with Crippen LogP contribution in [0.3, 0.4) is 0 Å². The predicted molar refractivity (Wildman–Crippen MR) is 92.4 cm³/mol. The van der Waals surface area contributed by atoms with Gasteiger partial charge >= 0.3 is 0 Å². The molecule has 1 heterocycles. The number of hydrogen-bond acceptors (Lipinski definition) is 6. The van der Waals surface area contributed by atoms with Crippen molar-refractivity contribution in [3.05, 3.63) is 47.9 Å². The van der Waals surface area contributed by atoms with E-state index in [1.165, 1.54) is 6.26 Å². The van der Waals surface area contributed by atoms with E-state index in [1.54, 1.807) is 42.1 Å². The lowest BCUT2D eigenvalue weighted by Gasteiger charge is -2.05. The number of amidine groups is 1. The van der Waals surface area contributed by atoms with Crippen LogP contribution in [-0.4, -0.2) is 37.5 Å². The maximum Gasteiger partial charge on any atom is 0.185 e. The van der Waals surface area contributed by atoms with Crippen molar-refractivity contribution in [3.63, 3.8) is 0 Å². The molecule has 1 aromatic carbocycles. The van der Waals surface area contributed by atoms with Gasteiger partial charge in [0.2, 0.25) is 0 Å². The van der Waals surface area contributed by atoms with Gasteiger partial charge in [-0.3, -0.25) is 4.99 Å². The lowest BCUT2D eigenvalue weighted by molar-refractivity contribution is 0.414. The molecule has 2 N–H and O–H groups in total. The molecule has 0 aliphatic heterocycles. The summed E-state index contributed by atoms with van der Waals surface area (Å²) in [6, 6.07) is 8.51. The number of aromatic nitrogens is 1. The normalized spacial score (nSPS) is 12.5. The third kappa shape index (κ3) is 5.72. The van der Waals surface area contributed by atoms with Crippen LogP contribution in [0.2, 0.25) is 0 Å². The molecular formula is C15H19N3O3S2. The molecule has 0 saturated heterocycles. The summed E-state index contributed by atoms with van der Waals surface area (Å²) in [5, 5.41) is 3.80. The fraction of sp³-hybridized carbons (Fsp3) is 0.333. The fourth-order valence-electron chi connectivity index (χ4n) is 1.81. The first-order valence-corrected chi connectivity index (χ1v) is 9.83. The largest absolute Gasteiger partial charge is 0.387 e. The molecule has 6 nitrogen and oxygen atoms in total. The highest BCUT2D eigenvalue weighted by molar-refractivity contribution is 7.98. The zero-order valence-electron chi connectivity index (χ0n) is 12.8. The van der Waals surface area contributed by atoms with E-state index >= 15 is 0 Å². The molecule has 0 fully saturated rings. The minimum atomic E-state index is -3.44. The lowest BCUT2D eigenvalue weighted by Crippen LogP contribution is -2.24. The average molecular weight is 353 g/mol. The molecule has 124 valence electrons. The summed E-state index contributed by atoms with van der Waals surface area (Å²) in [5.74, 6) is 1.34. The number of sulfone groups is 1. The number of benzene rings is 1. The van der Waals surface area contributed by atoms with Crippen molar-refractivity contribution in [1.29, 1.82) is 0 Å². The molecule has 1 aromatic heterocycles. The topological polar surface area (TPSA) is 98.5 Å². The zero-order valence-corrected chi connectivity index (χ0v) is 14.4. The third-order valence-electron chi connectivity index (χ3n) is 3.01. The van der Waals surface area contributed by atoms with E-state index in [-0.39, 0.29) is 16.5 Å². The monoisotopic (exact) mass is 353 g/mol. The number of rotatable bonds is 8. The van der Waals surface area contributed by atoms with Gasteiger partial charge in [-0.2, -0.15) is 11.8 Å². The molecule has 0 spiro atoms. The van der Waals surface area contributed by atoms with Crippen molar-refractivity contribution in [2.45, 2.75) is 17.6 Å². The lowest BCUT2D eigenvalue weighted by atomic mass is 10.2. The Kier molecular flexibility index (Phi) is 6.23. The van der Waals surface area contributed by atoms with Gasteiger partial charge in [0.1, 0.15) is 17.9 Å². The summed E-state index contributed by atoms with van der Waals surface area (Å²) in [6.07, 6.45) is 1.53. The van der Waals surface area contributed by atoms with E-state index in [4.69, 9.17) is 10.3 Å². The maximum absolute atomic E-state index is 12.2. The molecule has 2 rings (SSSR count). The standard InChI is InChI=1S/C15H19N3O3S2/c1-12-2-4-14(5-3-12)23(19,20)11-15(16)17-7-9-22-10-13-6-8-21-18-13/h2-6,8H,7,9-11H2,1H3,(H2,16,17). The van der Waals surface area contributed by atoms with Crippen LogP contribution in [0.15, 0.2) is 51.0 Å². The van der Waals surface area contributed by atoms with E-state index in [0.717, 1.165) is 22.8 Å². The minimum Gasteiger partial charge on any atom is -0.387 e.